The fourth-order valence-electron chi connectivity index (χ4n) is 2.92. The topological polar surface area (TPSA) is 91.3 Å². The number of nitriles is 1. The molecule has 2 aromatic rings. The third-order valence-electron chi connectivity index (χ3n) is 4.12. The summed E-state index contributed by atoms with van der Waals surface area (Å²) in [5, 5.41) is 21.8. The first-order chi connectivity index (χ1) is 11.6. The number of hydrogen-bond acceptors (Lipinski definition) is 6. The number of hydrogen-bond donors (Lipinski definition) is 2. The van der Waals surface area contributed by atoms with E-state index in [1.807, 2.05) is 26.0 Å². The average molecular weight is 327 g/mol. The van der Waals surface area contributed by atoms with Crippen molar-refractivity contribution in [2.75, 3.05) is 18.5 Å². The first-order valence-electron chi connectivity index (χ1n) is 8.04. The van der Waals surface area contributed by atoms with E-state index in [-0.39, 0.29) is 12.2 Å². The molecule has 6 heteroatoms. The van der Waals surface area contributed by atoms with Crippen LogP contribution in [0.15, 0.2) is 22.8 Å². The van der Waals surface area contributed by atoms with Gasteiger partial charge in [-0.1, -0.05) is 0 Å². The highest BCUT2D eigenvalue weighted by Gasteiger charge is 2.32. The molecular formula is C18H21N3O3. The first-order valence-corrected chi connectivity index (χ1v) is 8.04. The highest BCUT2D eigenvalue weighted by Crippen LogP contribution is 2.37. The summed E-state index contributed by atoms with van der Waals surface area (Å²) in [6, 6.07) is 5.95. The summed E-state index contributed by atoms with van der Waals surface area (Å²) in [6.07, 6.45) is 2.83. The molecule has 0 aliphatic carbocycles. The molecule has 0 unspecified atom stereocenters. The van der Waals surface area contributed by atoms with Crippen LogP contribution in [0.3, 0.4) is 0 Å². The lowest BCUT2D eigenvalue weighted by Crippen LogP contribution is -2.33. The zero-order valence-electron chi connectivity index (χ0n) is 13.9. The highest BCUT2D eigenvalue weighted by molar-refractivity contribution is 5.69. The minimum Gasteiger partial charge on any atom is -0.463 e. The van der Waals surface area contributed by atoms with Crippen molar-refractivity contribution in [2.45, 2.75) is 38.9 Å². The largest absolute Gasteiger partial charge is 0.463 e. The van der Waals surface area contributed by atoms with E-state index < -0.39 is 0 Å². The second-order valence-corrected chi connectivity index (χ2v) is 6.46. The van der Waals surface area contributed by atoms with Crippen LogP contribution in [0.5, 0.6) is 0 Å². The summed E-state index contributed by atoms with van der Waals surface area (Å²) in [6.45, 7) is 5.07. The van der Waals surface area contributed by atoms with E-state index in [1.165, 1.54) is 0 Å². The number of fused-ring (bicyclic) bond motifs is 1. The van der Waals surface area contributed by atoms with Gasteiger partial charge in [0.1, 0.15) is 17.6 Å². The van der Waals surface area contributed by atoms with Gasteiger partial charge in [0, 0.05) is 25.1 Å². The SMILES string of the molecule is CC1(C)Cc2c(C#N)c(NCCCO)nc(-c3ccco3)c2CO1. The van der Waals surface area contributed by atoms with Gasteiger partial charge in [-0.05, 0) is 38.0 Å². The summed E-state index contributed by atoms with van der Waals surface area (Å²) in [4.78, 5) is 4.63. The van der Waals surface area contributed by atoms with Crippen LogP contribution in [0.4, 0.5) is 5.82 Å². The minimum absolute atomic E-state index is 0.0890. The van der Waals surface area contributed by atoms with Gasteiger partial charge in [-0.25, -0.2) is 4.98 Å². The zero-order chi connectivity index (χ0) is 17.2. The van der Waals surface area contributed by atoms with Gasteiger partial charge < -0.3 is 19.6 Å². The average Bonchev–Trinajstić information content (AvgIpc) is 3.07. The van der Waals surface area contributed by atoms with E-state index in [4.69, 9.17) is 14.3 Å². The number of furan rings is 1. The fourth-order valence-corrected chi connectivity index (χ4v) is 2.92. The molecule has 0 aromatic carbocycles. The lowest BCUT2D eigenvalue weighted by atomic mass is 9.87. The minimum atomic E-state index is -0.331. The maximum atomic E-state index is 9.68. The smallest absolute Gasteiger partial charge is 0.152 e. The molecule has 0 atom stereocenters. The van der Waals surface area contributed by atoms with Crippen LogP contribution in [0.1, 0.15) is 37.0 Å². The van der Waals surface area contributed by atoms with E-state index in [0.717, 1.165) is 11.1 Å². The molecule has 2 N–H and O–H groups in total. The van der Waals surface area contributed by atoms with Crippen molar-refractivity contribution >= 4 is 5.82 Å². The van der Waals surface area contributed by atoms with Gasteiger partial charge in [0.25, 0.3) is 0 Å². The number of nitrogens with zero attached hydrogens (tertiary/aromatic N) is 2. The Hall–Kier alpha value is -2.36. The summed E-state index contributed by atoms with van der Waals surface area (Å²) in [5.74, 6) is 1.19. The van der Waals surface area contributed by atoms with Crippen molar-refractivity contribution < 1.29 is 14.3 Å². The molecule has 0 saturated carbocycles. The summed E-state index contributed by atoms with van der Waals surface area (Å²) < 4.78 is 11.4. The summed E-state index contributed by atoms with van der Waals surface area (Å²) in [5.41, 5.74) is 2.80. The molecule has 0 radical (unpaired) electrons. The second-order valence-electron chi connectivity index (χ2n) is 6.46. The molecule has 1 aliphatic rings. The Morgan fingerprint density at radius 2 is 2.25 bits per heavy atom. The maximum absolute atomic E-state index is 9.68. The summed E-state index contributed by atoms with van der Waals surface area (Å²) >= 11 is 0. The molecule has 3 heterocycles. The van der Waals surface area contributed by atoms with Crippen LogP contribution >= 0.6 is 0 Å². The van der Waals surface area contributed by atoms with E-state index in [2.05, 4.69) is 16.4 Å². The Morgan fingerprint density at radius 1 is 1.42 bits per heavy atom. The van der Waals surface area contributed by atoms with Gasteiger partial charge in [-0.15, -0.1) is 0 Å². The van der Waals surface area contributed by atoms with Gasteiger partial charge in [-0.2, -0.15) is 5.26 Å². The molecule has 24 heavy (non-hydrogen) atoms. The predicted octanol–water partition coefficient (Wildman–Crippen LogP) is 2.86. The third kappa shape index (κ3) is 3.14. The number of ether oxygens (including phenoxy) is 1. The molecule has 0 amide bonds. The molecule has 0 spiro atoms. The number of aromatic nitrogens is 1. The molecule has 3 rings (SSSR count). The van der Waals surface area contributed by atoms with E-state index in [9.17, 15) is 5.26 Å². The fraction of sp³-hybridized carbons (Fsp3) is 0.444. The van der Waals surface area contributed by atoms with Crippen molar-refractivity contribution in [3.8, 4) is 17.5 Å². The number of nitrogens with one attached hydrogen (secondary N) is 1. The van der Waals surface area contributed by atoms with Gasteiger partial charge in [0.05, 0.1) is 24.0 Å². The molecule has 2 aromatic heterocycles. The Morgan fingerprint density at radius 3 is 2.92 bits per heavy atom. The quantitative estimate of drug-likeness (QED) is 0.821. The number of anilines is 1. The molecule has 0 saturated heterocycles. The number of aliphatic hydroxyl groups excluding tert-OH is 1. The van der Waals surface area contributed by atoms with Gasteiger partial charge in [0.15, 0.2) is 5.76 Å². The van der Waals surface area contributed by atoms with Gasteiger partial charge >= 0.3 is 0 Å². The molecule has 0 bridgehead atoms. The van der Waals surface area contributed by atoms with E-state index in [0.29, 0.717) is 48.8 Å². The number of pyridine rings is 1. The Bertz CT molecular complexity index is 761. The lowest BCUT2D eigenvalue weighted by molar-refractivity contribution is -0.0400. The summed E-state index contributed by atoms with van der Waals surface area (Å²) in [7, 11) is 0. The Labute approximate surface area is 141 Å². The third-order valence-corrected chi connectivity index (χ3v) is 4.12. The van der Waals surface area contributed by atoms with Crippen LogP contribution in [0.25, 0.3) is 11.5 Å². The van der Waals surface area contributed by atoms with Crippen molar-refractivity contribution in [3.05, 3.63) is 35.1 Å². The molecule has 126 valence electrons. The second kappa shape index (κ2) is 6.63. The van der Waals surface area contributed by atoms with Crippen LogP contribution in [-0.4, -0.2) is 28.8 Å². The first kappa shape index (κ1) is 16.5. The van der Waals surface area contributed by atoms with Crippen molar-refractivity contribution in [1.82, 2.24) is 4.98 Å². The Kier molecular flexibility index (Phi) is 4.56. The van der Waals surface area contributed by atoms with E-state index in [1.54, 1.807) is 6.26 Å². The van der Waals surface area contributed by atoms with Crippen LogP contribution in [0, 0.1) is 11.3 Å². The monoisotopic (exact) mass is 327 g/mol. The maximum Gasteiger partial charge on any atom is 0.152 e. The van der Waals surface area contributed by atoms with Crippen molar-refractivity contribution in [3.63, 3.8) is 0 Å². The zero-order valence-corrected chi connectivity index (χ0v) is 13.9. The van der Waals surface area contributed by atoms with E-state index >= 15 is 0 Å². The number of rotatable bonds is 5. The van der Waals surface area contributed by atoms with Gasteiger partial charge in [-0.3, -0.25) is 0 Å². The molecular weight excluding hydrogens is 306 g/mol. The van der Waals surface area contributed by atoms with Crippen LogP contribution in [0.2, 0.25) is 0 Å². The number of aliphatic hydroxyl groups is 1. The van der Waals surface area contributed by atoms with Crippen molar-refractivity contribution in [2.24, 2.45) is 0 Å². The van der Waals surface area contributed by atoms with Gasteiger partial charge in [0.2, 0.25) is 0 Å². The molecule has 0 fully saturated rings. The predicted molar refractivity (Wildman–Crippen MR) is 89.4 cm³/mol. The molecule has 6 nitrogen and oxygen atoms in total. The normalized spacial score (nSPS) is 15.6. The molecule has 1 aliphatic heterocycles. The lowest BCUT2D eigenvalue weighted by Gasteiger charge is -2.33. The highest BCUT2D eigenvalue weighted by atomic mass is 16.5. The Balaban J connectivity index is 2.13. The standard InChI is InChI=1S/C18H21N3O3/c1-18(2)9-12-13(10-19)17(20-6-4-7-22)21-16(14(12)11-24-18)15-5-3-8-23-15/h3,5,8,22H,4,6-7,9,11H2,1-2H3,(H,20,21). The van der Waals surface area contributed by atoms with Crippen molar-refractivity contribution in [1.29, 1.82) is 5.26 Å². The van der Waals surface area contributed by atoms with Crippen LogP contribution < -0.4 is 5.32 Å². The van der Waals surface area contributed by atoms with Crippen LogP contribution in [-0.2, 0) is 17.8 Å².